The monoisotopic (exact) mass is 378 g/mol. The van der Waals surface area contributed by atoms with E-state index in [9.17, 15) is 0 Å². The van der Waals surface area contributed by atoms with Crippen LogP contribution in [0.2, 0.25) is 0 Å². The van der Waals surface area contributed by atoms with Crippen LogP contribution in [0.3, 0.4) is 0 Å². The van der Waals surface area contributed by atoms with Gasteiger partial charge in [-0.05, 0) is 13.8 Å². The summed E-state index contributed by atoms with van der Waals surface area (Å²) in [6.07, 6.45) is -0.167. The van der Waals surface area contributed by atoms with Crippen LogP contribution in [-0.2, 0) is 26.5 Å². The van der Waals surface area contributed by atoms with Gasteiger partial charge in [-0.15, -0.1) is 0 Å². The SMILES string of the molecule is CC(=O)O.CC(C)O.[PbH2].[Ti]. The van der Waals surface area contributed by atoms with E-state index >= 15 is 0 Å². The molecule has 0 aromatic heterocycles. The molecule has 0 saturated carbocycles. The van der Waals surface area contributed by atoms with Crippen LogP contribution in [-0.4, -0.2) is 49.6 Å². The number of aliphatic hydroxyl groups is 1. The molecule has 5 heteroatoms. The molecule has 0 aliphatic carbocycles. The van der Waals surface area contributed by atoms with Crippen molar-refractivity contribution in [2.24, 2.45) is 0 Å². The summed E-state index contributed by atoms with van der Waals surface area (Å²) in [5.41, 5.74) is 0. The average Bonchev–Trinajstić information content (AvgIpc) is 1.25. The van der Waals surface area contributed by atoms with E-state index in [1.807, 2.05) is 0 Å². The van der Waals surface area contributed by atoms with Gasteiger partial charge in [0, 0.05) is 34.7 Å². The molecule has 0 aromatic rings. The van der Waals surface area contributed by atoms with Gasteiger partial charge in [0.15, 0.2) is 0 Å². The topological polar surface area (TPSA) is 57.5 Å². The fourth-order valence-corrected chi connectivity index (χ4v) is 0. The molecule has 0 aliphatic rings. The van der Waals surface area contributed by atoms with Crippen LogP contribution in [0.1, 0.15) is 20.8 Å². The standard InChI is InChI=1S/C3H8O.C2H4O2.Pb.Ti.2H/c1-3(2)4;1-2(3)4;;;;/h3-4H,1-2H3;1H3,(H,3,4);;;;. The van der Waals surface area contributed by atoms with E-state index in [0.29, 0.717) is 0 Å². The minimum Gasteiger partial charge on any atom is 0 e. The van der Waals surface area contributed by atoms with Crippen molar-refractivity contribution >= 4 is 33.3 Å². The Bertz CT molecular complexity index is 61.2. The molecule has 0 saturated heterocycles. The van der Waals surface area contributed by atoms with Crippen molar-refractivity contribution in [1.82, 2.24) is 0 Å². The normalized spacial score (nSPS) is 6.10. The van der Waals surface area contributed by atoms with E-state index < -0.39 is 5.97 Å². The van der Waals surface area contributed by atoms with E-state index in [-0.39, 0.29) is 55.1 Å². The zero-order valence-electron chi connectivity index (χ0n) is 6.59. The van der Waals surface area contributed by atoms with Crippen LogP contribution in [0, 0.1) is 0 Å². The minimum atomic E-state index is -0.833. The van der Waals surface area contributed by atoms with E-state index in [2.05, 4.69) is 0 Å². The maximum Gasteiger partial charge on any atom is 0 e. The quantitative estimate of drug-likeness (QED) is 0.563. The maximum absolute atomic E-state index is 9.00. The number of carbonyl (C=O) groups is 1. The Morgan fingerprint density at radius 1 is 1.40 bits per heavy atom. The summed E-state index contributed by atoms with van der Waals surface area (Å²) in [6, 6.07) is 0. The number of aliphatic carboxylic acids is 1. The summed E-state index contributed by atoms with van der Waals surface area (Å²) in [6.45, 7) is 4.53. The molecule has 0 atom stereocenters. The Kier molecular flexibility index (Phi) is 37.2. The van der Waals surface area contributed by atoms with Crippen molar-refractivity contribution in [3.63, 3.8) is 0 Å². The number of rotatable bonds is 0. The second-order valence-corrected chi connectivity index (χ2v) is 1.61. The molecule has 60 valence electrons. The molecule has 0 bridgehead atoms. The van der Waals surface area contributed by atoms with Gasteiger partial charge in [-0.3, -0.25) is 4.79 Å². The molecule has 0 fully saturated rings. The molecule has 0 heterocycles. The third-order valence-electron chi connectivity index (χ3n) is 0. The van der Waals surface area contributed by atoms with E-state index in [1.54, 1.807) is 13.8 Å². The van der Waals surface area contributed by atoms with Crippen LogP contribution in [0.25, 0.3) is 0 Å². The van der Waals surface area contributed by atoms with Crippen LogP contribution < -0.4 is 0 Å². The van der Waals surface area contributed by atoms with Gasteiger partial charge in [0.05, 0.1) is 0 Å². The van der Waals surface area contributed by atoms with Gasteiger partial charge >= 0.3 is 27.3 Å². The Labute approximate surface area is 96.2 Å². The second-order valence-electron chi connectivity index (χ2n) is 1.61. The molecule has 2 N–H and O–H groups in total. The molecule has 2 radical (unpaired) electrons. The third-order valence-corrected chi connectivity index (χ3v) is 0. The predicted molar refractivity (Wildman–Crippen MR) is 39.2 cm³/mol. The van der Waals surface area contributed by atoms with E-state index in [0.717, 1.165) is 6.92 Å². The predicted octanol–water partition coefficient (Wildman–Crippen LogP) is -0.441. The molecule has 3 nitrogen and oxygen atoms in total. The Balaban J connectivity index is -0.0000000300. The number of hydrogen-bond acceptors (Lipinski definition) is 2. The van der Waals surface area contributed by atoms with E-state index in [1.165, 1.54) is 0 Å². The Morgan fingerprint density at radius 3 is 1.40 bits per heavy atom. The summed E-state index contributed by atoms with van der Waals surface area (Å²) >= 11 is 0. The van der Waals surface area contributed by atoms with Crippen molar-refractivity contribution in [3.8, 4) is 0 Å². The molecule has 0 amide bonds. The number of carboxylic acid groups (broad SMARTS) is 1. The maximum atomic E-state index is 9.00. The van der Waals surface area contributed by atoms with Gasteiger partial charge in [0.1, 0.15) is 0 Å². The summed E-state index contributed by atoms with van der Waals surface area (Å²) < 4.78 is 0. The number of aliphatic hydroxyl groups excluding tert-OH is 1. The van der Waals surface area contributed by atoms with Crippen LogP contribution in [0.5, 0.6) is 0 Å². The summed E-state index contributed by atoms with van der Waals surface area (Å²) in [5.74, 6) is -0.833. The van der Waals surface area contributed by atoms with Gasteiger partial charge in [-0.1, -0.05) is 0 Å². The Morgan fingerprint density at radius 2 is 1.40 bits per heavy atom. The molecular formula is C5H14O3PbTi. The van der Waals surface area contributed by atoms with Crippen molar-refractivity contribution in [3.05, 3.63) is 0 Å². The van der Waals surface area contributed by atoms with Crippen molar-refractivity contribution in [1.29, 1.82) is 0 Å². The van der Waals surface area contributed by atoms with Gasteiger partial charge in [-0.2, -0.15) is 0 Å². The molecular weight excluding hydrogens is 363 g/mol. The van der Waals surface area contributed by atoms with Crippen LogP contribution >= 0.6 is 0 Å². The number of hydrogen-bond donors (Lipinski definition) is 2. The smallest absolute Gasteiger partial charge is 0 e. The number of carboxylic acids is 1. The van der Waals surface area contributed by atoms with Crippen LogP contribution in [0.15, 0.2) is 0 Å². The first-order valence-corrected chi connectivity index (χ1v) is 2.34. The van der Waals surface area contributed by atoms with Gasteiger partial charge in [-0.25, -0.2) is 0 Å². The second kappa shape index (κ2) is 16.6. The van der Waals surface area contributed by atoms with Gasteiger partial charge in [0.25, 0.3) is 5.97 Å². The fraction of sp³-hybridized carbons (Fsp3) is 0.800. The molecule has 0 rings (SSSR count). The van der Waals surface area contributed by atoms with Gasteiger partial charge < -0.3 is 10.2 Å². The summed E-state index contributed by atoms with van der Waals surface area (Å²) in [7, 11) is 0. The first-order valence-electron chi connectivity index (χ1n) is 2.34. The zero-order valence-corrected chi connectivity index (χ0v) is 13.6. The first-order chi connectivity index (χ1) is 3.46. The van der Waals surface area contributed by atoms with Crippen molar-refractivity contribution < 1.29 is 36.7 Å². The van der Waals surface area contributed by atoms with Crippen molar-refractivity contribution in [2.45, 2.75) is 26.9 Å². The third kappa shape index (κ3) is 519. The first kappa shape index (κ1) is 22.5. The fourth-order valence-electron chi connectivity index (χ4n) is 0. The molecule has 0 spiro atoms. The van der Waals surface area contributed by atoms with E-state index in [4.69, 9.17) is 15.0 Å². The molecule has 0 unspecified atom stereocenters. The Hall–Kier alpha value is 1.07. The van der Waals surface area contributed by atoms with Gasteiger partial charge in [0.2, 0.25) is 0 Å². The average molecular weight is 377 g/mol. The molecule has 0 aromatic carbocycles. The van der Waals surface area contributed by atoms with Crippen LogP contribution in [0.4, 0.5) is 0 Å². The zero-order chi connectivity index (χ0) is 7.15. The molecule has 10 heavy (non-hydrogen) atoms. The summed E-state index contributed by atoms with van der Waals surface area (Å²) in [5, 5.41) is 15.5. The minimum absolute atomic E-state index is 0. The summed E-state index contributed by atoms with van der Waals surface area (Å²) in [4.78, 5) is 9.00. The molecule has 0 aliphatic heterocycles. The largest absolute Gasteiger partial charge is 0 e. The van der Waals surface area contributed by atoms with Crippen molar-refractivity contribution in [2.75, 3.05) is 0 Å².